The van der Waals surface area contributed by atoms with E-state index in [9.17, 15) is 9.59 Å². The van der Waals surface area contributed by atoms with Crippen molar-refractivity contribution >= 4 is 34.8 Å². The maximum Gasteiger partial charge on any atom is 0.255 e. The van der Waals surface area contributed by atoms with Crippen LogP contribution in [0.15, 0.2) is 23.6 Å². The number of halogens is 1. The lowest BCUT2D eigenvalue weighted by Crippen LogP contribution is -2.35. The molecule has 0 bridgehead atoms. The number of carbonyl (C=O) groups excluding carboxylic acids is 2. The van der Waals surface area contributed by atoms with Crippen molar-refractivity contribution in [1.29, 1.82) is 0 Å². The molecule has 0 radical (unpaired) electrons. The highest BCUT2D eigenvalue weighted by Gasteiger charge is 2.24. The van der Waals surface area contributed by atoms with E-state index in [4.69, 9.17) is 26.8 Å². The van der Waals surface area contributed by atoms with Crippen molar-refractivity contribution in [3.8, 4) is 11.5 Å². The maximum atomic E-state index is 12.8. The lowest BCUT2D eigenvalue weighted by molar-refractivity contribution is -0.119. The first-order valence-corrected chi connectivity index (χ1v) is 8.88. The standard InChI is InChI=1S/C17H17ClN2O4S/c1-23-13-7-11(6-12(18)16(13)24-9-15(19)21)17(22)20-4-2-14-10(8-20)3-5-25-14/h3,5-7H,2,4,8-9H2,1H3,(H2,19,21). The maximum absolute atomic E-state index is 12.8. The van der Waals surface area contributed by atoms with Crippen LogP contribution < -0.4 is 15.2 Å². The SMILES string of the molecule is COc1cc(C(=O)N2CCc3sccc3C2)cc(Cl)c1OCC(N)=O. The van der Waals surface area contributed by atoms with Gasteiger partial charge in [0.05, 0.1) is 12.1 Å². The molecule has 2 N–H and O–H groups in total. The Morgan fingerprint density at radius 2 is 2.20 bits per heavy atom. The van der Waals surface area contributed by atoms with Crippen molar-refractivity contribution in [2.45, 2.75) is 13.0 Å². The first kappa shape index (κ1) is 17.6. The zero-order valence-corrected chi connectivity index (χ0v) is 15.2. The number of carbonyl (C=O) groups is 2. The van der Waals surface area contributed by atoms with Gasteiger partial charge < -0.3 is 20.1 Å². The van der Waals surface area contributed by atoms with Gasteiger partial charge in [-0.05, 0) is 35.6 Å². The molecule has 0 atom stereocenters. The topological polar surface area (TPSA) is 81.9 Å². The molecule has 2 heterocycles. The molecule has 2 aromatic rings. The highest BCUT2D eigenvalue weighted by Crippen LogP contribution is 2.37. The molecule has 0 saturated heterocycles. The minimum Gasteiger partial charge on any atom is -0.493 e. The Morgan fingerprint density at radius 3 is 2.92 bits per heavy atom. The van der Waals surface area contributed by atoms with Gasteiger partial charge >= 0.3 is 0 Å². The predicted molar refractivity (Wildman–Crippen MR) is 95.5 cm³/mol. The van der Waals surface area contributed by atoms with Crippen molar-refractivity contribution < 1.29 is 19.1 Å². The van der Waals surface area contributed by atoms with Crippen LogP contribution in [0, 0.1) is 0 Å². The number of hydrogen-bond acceptors (Lipinski definition) is 5. The van der Waals surface area contributed by atoms with E-state index in [2.05, 4.69) is 0 Å². The van der Waals surface area contributed by atoms with E-state index in [1.165, 1.54) is 23.6 Å². The van der Waals surface area contributed by atoms with Gasteiger partial charge in [0.15, 0.2) is 18.1 Å². The summed E-state index contributed by atoms with van der Waals surface area (Å²) in [6, 6.07) is 5.13. The first-order chi connectivity index (χ1) is 12.0. The third-order valence-corrected chi connectivity index (χ3v) is 5.23. The second-order valence-electron chi connectivity index (χ2n) is 5.59. The molecule has 0 saturated carbocycles. The number of ether oxygens (including phenoxy) is 2. The number of hydrogen-bond donors (Lipinski definition) is 1. The fraction of sp³-hybridized carbons (Fsp3) is 0.294. The van der Waals surface area contributed by atoms with Crippen molar-refractivity contribution in [1.82, 2.24) is 4.90 Å². The average molecular weight is 381 g/mol. The monoisotopic (exact) mass is 380 g/mol. The van der Waals surface area contributed by atoms with Crippen LogP contribution in [0.2, 0.25) is 5.02 Å². The number of methoxy groups -OCH3 is 1. The largest absolute Gasteiger partial charge is 0.493 e. The Kier molecular flexibility index (Phi) is 5.15. The Labute approximate surface area is 154 Å². The van der Waals surface area contributed by atoms with Crippen LogP contribution in [0.3, 0.4) is 0 Å². The molecule has 2 amide bonds. The zero-order chi connectivity index (χ0) is 18.0. The van der Waals surface area contributed by atoms with Crippen molar-refractivity contribution in [2.24, 2.45) is 5.73 Å². The smallest absolute Gasteiger partial charge is 0.255 e. The summed E-state index contributed by atoms with van der Waals surface area (Å²) in [5.74, 6) is -0.278. The van der Waals surface area contributed by atoms with E-state index in [1.807, 2.05) is 11.4 Å². The quantitative estimate of drug-likeness (QED) is 0.863. The molecule has 132 valence electrons. The molecule has 1 aromatic heterocycles. The van der Waals surface area contributed by atoms with Crippen molar-refractivity contribution in [3.05, 3.63) is 44.6 Å². The minimum atomic E-state index is -0.627. The highest BCUT2D eigenvalue weighted by atomic mass is 35.5. The molecule has 6 nitrogen and oxygen atoms in total. The van der Waals surface area contributed by atoms with Gasteiger partial charge in [0.1, 0.15) is 0 Å². The van der Waals surface area contributed by atoms with E-state index in [-0.39, 0.29) is 29.0 Å². The van der Waals surface area contributed by atoms with Crippen LogP contribution in [0.25, 0.3) is 0 Å². The van der Waals surface area contributed by atoms with E-state index < -0.39 is 5.91 Å². The van der Waals surface area contributed by atoms with Crippen LogP contribution in [-0.2, 0) is 17.8 Å². The lowest BCUT2D eigenvalue weighted by Gasteiger charge is -2.27. The molecule has 0 unspecified atom stereocenters. The summed E-state index contributed by atoms with van der Waals surface area (Å²) in [7, 11) is 1.44. The molecule has 0 fully saturated rings. The van der Waals surface area contributed by atoms with Gasteiger partial charge in [-0.1, -0.05) is 11.6 Å². The summed E-state index contributed by atoms with van der Waals surface area (Å²) in [6.45, 7) is 0.917. The molecule has 1 aliphatic rings. The van der Waals surface area contributed by atoms with E-state index in [0.29, 0.717) is 18.7 Å². The van der Waals surface area contributed by atoms with Crippen molar-refractivity contribution in [2.75, 3.05) is 20.3 Å². The third kappa shape index (κ3) is 3.72. The Morgan fingerprint density at radius 1 is 1.40 bits per heavy atom. The number of thiophene rings is 1. The van der Waals surface area contributed by atoms with Gasteiger partial charge in [0, 0.05) is 23.5 Å². The van der Waals surface area contributed by atoms with E-state index in [1.54, 1.807) is 22.3 Å². The summed E-state index contributed by atoms with van der Waals surface area (Å²) in [4.78, 5) is 26.8. The summed E-state index contributed by atoms with van der Waals surface area (Å²) in [5.41, 5.74) is 6.67. The van der Waals surface area contributed by atoms with Gasteiger partial charge in [0.25, 0.3) is 11.8 Å². The van der Waals surface area contributed by atoms with Crippen LogP contribution in [0.4, 0.5) is 0 Å². The van der Waals surface area contributed by atoms with Crippen LogP contribution >= 0.6 is 22.9 Å². The minimum absolute atomic E-state index is 0.126. The second kappa shape index (κ2) is 7.33. The summed E-state index contributed by atoms with van der Waals surface area (Å²) in [5, 5.41) is 2.24. The molecular weight excluding hydrogens is 364 g/mol. The fourth-order valence-electron chi connectivity index (χ4n) is 2.73. The number of rotatable bonds is 5. The van der Waals surface area contributed by atoms with Gasteiger partial charge in [-0.2, -0.15) is 0 Å². The van der Waals surface area contributed by atoms with Crippen molar-refractivity contribution in [3.63, 3.8) is 0 Å². The van der Waals surface area contributed by atoms with E-state index >= 15 is 0 Å². The third-order valence-electron chi connectivity index (χ3n) is 3.93. The number of benzene rings is 1. The molecule has 3 rings (SSSR count). The van der Waals surface area contributed by atoms with E-state index in [0.717, 1.165) is 6.42 Å². The van der Waals surface area contributed by atoms with Crippen LogP contribution in [-0.4, -0.2) is 37.0 Å². The molecule has 1 aliphatic heterocycles. The van der Waals surface area contributed by atoms with Crippen LogP contribution in [0.1, 0.15) is 20.8 Å². The van der Waals surface area contributed by atoms with Gasteiger partial charge in [0.2, 0.25) is 0 Å². The lowest BCUT2D eigenvalue weighted by atomic mass is 10.1. The normalized spacial score (nSPS) is 13.3. The Balaban J connectivity index is 1.83. The summed E-state index contributed by atoms with van der Waals surface area (Å²) < 4.78 is 10.5. The fourth-order valence-corrected chi connectivity index (χ4v) is 3.89. The number of nitrogens with zero attached hydrogens (tertiary/aromatic N) is 1. The van der Waals surface area contributed by atoms with Gasteiger partial charge in [-0.25, -0.2) is 0 Å². The highest BCUT2D eigenvalue weighted by molar-refractivity contribution is 7.10. The molecular formula is C17H17ClN2O4S. The number of amides is 2. The summed E-state index contributed by atoms with van der Waals surface area (Å²) in [6.07, 6.45) is 0.851. The Hall–Kier alpha value is -2.25. The molecule has 0 aliphatic carbocycles. The second-order valence-corrected chi connectivity index (χ2v) is 7.00. The zero-order valence-electron chi connectivity index (χ0n) is 13.6. The van der Waals surface area contributed by atoms with Gasteiger partial charge in [-0.15, -0.1) is 11.3 Å². The molecule has 0 spiro atoms. The van der Waals surface area contributed by atoms with Crippen LogP contribution in [0.5, 0.6) is 11.5 Å². The molecule has 8 heteroatoms. The Bertz CT molecular complexity index is 821. The predicted octanol–water partition coefficient (Wildman–Crippen LogP) is 2.47. The molecule has 25 heavy (non-hydrogen) atoms. The number of nitrogens with two attached hydrogens (primary N) is 1. The average Bonchev–Trinajstić information content (AvgIpc) is 3.06. The number of primary amides is 1. The number of fused-ring (bicyclic) bond motifs is 1. The van der Waals surface area contributed by atoms with Gasteiger partial charge in [-0.3, -0.25) is 9.59 Å². The summed E-state index contributed by atoms with van der Waals surface area (Å²) >= 11 is 7.94. The molecule has 1 aromatic carbocycles. The first-order valence-electron chi connectivity index (χ1n) is 7.62.